The van der Waals surface area contributed by atoms with Crippen LogP contribution in [0.1, 0.15) is 11.6 Å². The van der Waals surface area contributed by atoms with Crippen molar-refractivity contribution in [1.82, 2.24) is 0 Å². The Balaban J connectivity index is 1.87. The van der Waals surface area contributed by atoms with E-state index in [0.29, 0.717) is 5.56 Å². The van der Waals surface area contributed by atoms with Crippen molar-refractivity contribution in [3.05, 3.63) is 95.6 Å². The molecule has 3 aromatic rings. The summed E-state index contributed by atoms with van der Waals surface area (Å²) in [6, 6.07) is 15.2. The first-order valence-electron chi connectivity index (χ1n) is 8.27. The molecule has 0 spiro atoms. The van der Waals surface area contributed by atoms with Gasteiger partial charge >= 0.3 is 0 Å². The van der Waals surface area contributed by atoms with E-state index in [1.807, 2.05) is 0 Å². The van der Waals surface area contributed by atoms with Crippen molar-refractivity contribution in [2.24, 2.45) is 5.22 Å². The molecule has 3 nitrogen and oxygen atoms in total. The van der Waals surface area contributed by atoms with Crippen molar-refractivity contribution in [1.29, 1.82) is 0 Å². The highest BCUT2D eigenvalue weighted by Crippen LogP contribution is 2.38. The molecule has 1 heterocycles. The second-order valence-electron chi connectivity index (χ2n) is 6.08. The highest BCUT2D eigenvalue weighted by Gasteiger charge is 2.42. The van der Waals surface area contributed by atoms with Crippen LogP contribution in [0, 0.1) is 23.3 Å². The lowest BCUT2D eigenvalue weighted by Gasteiger charge is -2.15. The Labute approximate surface area is 152 Å². The molecule has 7 heteroatoms. The van der Waals surface area contributed by atoms with Gasteiger partial charge in [0.2, 0.25) is 11.4 Å². The Hall–Kier alpha value is -3.22. The number of para-hydroxylation sites is 2. The maximum absolute atomic E-state index is 14.4. The van der Waals surface area contributed by atoms with Gasteiger partial charge in [-0.15, -0.1) is 9.71 Å². The van der Waals surface area contributed by atoms with Gasteiger partial charge in [0.25, 0.3) is 0 Å². The smallest absolute Gasteiger partial charge is 0.202 e. The first-order valence-corrected chi connectivity index (χ1v) is 8.27. The number of nitrogens with zero attached hydrogens (tertiary/aromatic N) is 3. The van der Waals surface area contributed by atoms with Gasteiger partial charge < -0.3 is 0 Å². The lowest BCUT2D eigenvalue weighted by Crippen LogP contribution is -2.23. The molecule has 0 saturated heterocycles. The van der Waals surface area contributed by atoms with Crippen molar-refractivity contribution < 1.29 is 22.3 Å². The van der Waals surface area contributed by atoms with Crippen molar-refractivity contribution in [2.75, 3.05) is 11.6 Å². The van der Waals surface area contributed by atoms with Crippen LogP contribution in [0.4, 0.5) is 28.9 Å². The molecule has 0 fully saturated rings. The van der Waals surface area contributed by atoms with Gasteiger partial charge in [0.05, 0.1) is 5.22 Å². The van der Waals surface area contributed by atoms with Crippen LogP contribution < -0.4 is 5.01 Å². The molecule has 0 N–H and O–H groups in total. The van der Waals surface area contributed by atoms with Gasteiger partial charge in [-0.2, -0.15) is 0 Å². The summed E-state index contributed by atoms with van der Waals surface area (Å²) in [7, 11) is 0. The highest BCUT2D eigenvalue weighted by molar-refractivity contribution is 5.51. The topological polar surface area (TPSA) is 18.6 Å². The molecular formula is C20H14F4N3+. The number of benzene rings is 3. The summed E-state index contributed by atoms with van der Waals surface area (Å²) in [6.45, 7) is 0.0235. The second kappa shape index (κ2) is 6.83. The molecular weight excluding hydrogens is 358 g/mol. The molecule has 1 aliphatic rings. The monoisotopic (exact) mass is 372 g/mol. The third-order valence-corrected chi connectivity index (χ3v) is 4.39. The SMILES string of the molecule is Fc1cccc(F)c1N1N=[N+](c2c(F)cccc2F)CC1c1ccccc1. The molecule has 1 unspecified atom stereocenters. The van der Waals surface area contributed by atoms with Gasteiger partial charge in [-0.25, -0.2) is 17.6 Å². The minimum absolute atomic E-state index is 0.0235. The minimum Gasteiger partial charge on any atom is -0.202 e. The zero-order valence-corrected chi connectivity index (χ0v) is 14.0. The Morgan fingerprint density at radius 1 is 0.741 bits per heavy atom. The fraction of sp³-hybridized carbons (Fsp3) is 0.100. The normalized spacial score (nSPS) is 16.5. The van der Waals surface area contributed by atoms with E-state index in [1.54, 1.807) is 30.3 Å². The molecule has 1 atom stereocenters. The molecule has 0 radical (unpaired) electrons. The van der Waals surface area contributed by atoms with Crippen LogP contribution in [0.3, 0.4) is 0 Å². The van der Waals surface area contributed by atoms with Crippen LogP contribution in [0.25, 0.3) is 0 Å². The van der Waals surface area contributed by atoms with Gasteiger partial charge in [0.15, 0.2) is 35.9 Å². The van der Waals surface area contributed by atoms with Gasteiger partial charge in [-0.1, -0.05) is 42.5 Å². The lowest BCUT2D eigenvalue weighted by molar-refractivity contribution is -0.503. The Morgan fingerprint density at radius 3 is 1.89 bits per heavy atom. The summed E-state index contributed by atoms with van der Waals surface area (Å²) in [5, 5.41) is 5.27. The van der Waals surface area contributed by atoms with E-state index in [1.165, 1.54) is 12.1 Å². The van der Waals surface area contributed by atoms with Gasteiger partial charge in [-0.05, 0) is 24.3 Å². The number of hydrogen-bond acceptors (Lipinski definition) is 2. The fourth-order valence-corrected chi connectivity index (χ4v) is 3.16. The van der Waals surface area contributed by atoms with Crippen LogP contribution in [-0.2, 0) is 0 Å². The summed E-state index contributed by atoms with van der Waals surface area (Å²) in [6.07, 6.45) is 0. The Kier molecular flexibility index (Phi) is 4.35. The van der Waals surface area contributed by atoms with Crippen molar-refractivity contribution in [3.8, 4) is 0 Å². The molecule has 136 valence electrons. The zero-order chi connectivity index (χ0) is 19.0. The largest absolute Gasteiger partial charge is 0.221 e. The van der Waals surface area contributed by atoms with E-state index in [-0.39, 0.29) is 17.9 Å². The number of anilines is 1. The van der Waals surface area contributed by atoms with Gasteiger partial charge in [0.1, 0.15) is 0 Å². The number of hydrogen-bond donors (Lipinski definition) is 0. The number of rotatable bonds is 3. The predicted octanol–water partition coefficient (Wildman–Crippen LogP) is 5.52. The van der Waals surface area contributed by atoms with E-state index in [9.17, 15) is 17.6 Å². The van der Waals surface area contributed by atoms with Crippen LogP contribution >= 0.6 is 0 Å². The lowest BCUT2D eigenvalue weighted by atomic mass is 10.1. The third kappa shape index (κ3) is 3.05. The summed E-state index contributed by atoms with van der Waals surface area (Å²) < 4.78 is 58.3. The van der Waals surface area contributed by atoms with E-state index < -0.39 is 29.3 Å². The summed E-state index contributed by atoms with van der Waals surface area (Å²) >= 11 is 0. The van der Waals surface area contributed by atoms with E-state index in [0.717, 1.165) is 34.0 Å². The molecule has 0 aliphatic carbocycles. The summed E-state index contributed by atoms with van der Waals surface area (Å²) in [5.41, 5.74) is -0.0218. The van der Waals surface area contributed by atoms with Crippen LogP contribution in [0.5, 0.6) is 0 Å². The Morgan fingerprint density at radius 2 is 1.30 bits per heavy atom. The maximum atomic E-state index is 14.4. The predicted molar refractivity (Wildman–Crippen MR) is 91.6 cm³/mol. The van der Waals surface area contributed by atoms with E-state index >= 15 is 0 Å². The number of halogens is 4. The average molecular weight is 372 g/mol. The molecule has 3 aromatic carbocycles. The van der Waals surface area contributed by atoms with Crippen molar-refractivity contribution >= 4 is 11.4 Å². The zero-order valence-electron chi connectivity index (χ0n) is 14.0. The Bertz CT molecular complexity index is 980. The maximum Gasteiger partial charge on any atom is 0.221 e. The fourth-order valence-electron chi connectivity index (χ4n) is 3.16. The van der Waals surface area contributed by atoms with Crippen LogP contribution in [0.2, 0.25) is 0 Å². The van der Waals surface area contributed by atoms with Crippen molar-refractivity contribution in [2.45, 2.75) is 6.04 Å². The molecule has 0 amide bonds. The first-order chi connectivity index (χ1) is 13.1. The highest BCUT2D eigenvalue weighted by atomic mass is 19.1. The minimum atomic E-state index is -0.810. The molecule has 0 bridgehead atoms. The molecule has 27 heavy (non-hydrogen) atoms. The molecule has 4 rings (SSSR count). The van der Waals surface area contributed by atoms with Gasteiger partial charge in [-0.3, -0.25) is 0 Å². The first kappa shape index (κ1) is 17.2. The van der Waals surface area contributed by atoms with E-state index in [4.69, 9.17) is 0 Å². The van der Waals surface area contributed by atoms with Crippen LogP contribution in [0.15, 0.2) is 72.0 Å². The quantitative estimate of drug-likeness (QED) is 0.438. The van der Waals surface area contributed by atoms with E-state index in [2.05, 4.69) is 5.22 Å². The van der Waals surface area contributed by atoms with Crippen molar-refractivity contribution in [3.63, 3.8) is 0 Å². The summed E-state index contributed by atoms with van der Waals surface area (Å²) in [4.78, 5) is 0. The molecule has 0 saturated carbocycles. The third-order valence-electron chi connectivity index (χ3n) is 4.39. The van der Waals surface area contributed by atoms with Crippen LogP contribution in [-0.4, -0.2) is 11.2 Å². The molecule has 0 aromatic heterocycles. The van der Waals surface area contributed by atoms with Gasteiger partial charge in [0, 0.05) is 5.56 Å². The average Bonchev–Trinajstić information content (AvgIpc) is 3.07. The summed E-state index contributed by atoms with van der Waals surface area (Å²) in [5.74, 6) is -3.23. The standard InChI is InChI=1S/C20H14F4N3/c21-14-8-4-9-15(22)19(14)26-12-18(13-6-2-1-3-7-13)27(25-26)20-16(23)10-5-11-17(20)24/h1-11,18H,12H2/q+1. The molecule has 1 aliphatic heterocycles. The second-order valence-corrected chi connectivity index (χ2v) is 6.08.